The third-order valence-electron chi connectivity index (χ3n) is 6.26. The van der Waals surface area contributed by atoms with E-state index in [1.807, 2.05) is 44.2 Å². The normalized spacial score (nSPS) is 14.4. The summed E-state index contributed by atoms with van der Waals surface area (Å²) in [6.45, 7) is 7.45. The smallest absolute Gasteiger partial charge is 0.326 e. The molecule has 0 aromatic heterocycles. The van der Waals surface area contributed by atoms with Crippen molar-refractivity contribution in [2.24, 2.45) is 5.92 Å². The Hall–Kier alpha value is -3.47. The minimum Gasteiger partial charge on any atom is -0.480 e. The van der Waals surface area contributed by atoms with Crippen molar-refractivity contribution < 1.29 is 33.6 Å². The van der Waals surface area contributed by atoms with Gasteiger partial charge < -0.3 is 30.9 Å². The third-order valence-corrected chi connectivity index (χ3v) is 6.26. The Morgan fingerprint density at radius 2 is 1.35 bits per heavy atom. The van der Waals surface area contributed by atoms with Crippen LogP contribution in [0.3, 0.4) is 0 Å². The Labute approximate surface area is 238 Å². The lowest BCUT2D eigenvalue weighted by Crippen LogP contribution is -2.57. The number of benzene rings is 1. The zero-order valence-electron chi connectivity index (χ0n) is 25.0. The summed E-state index contributed by atoms with van der Waals surface area (Å²) >= 11 is 0. The fourth-order valence-electron chi connectivity index (χ4n) is 4.15. The summed E-state index contributed by atoms with van der Waals surface area (Å²) in [6, 6.07) is 5.23. The van der Waals surface area contributed by atoms with Crippen LogP contribution in [0.25, 0.3) is 0 Å². The maximum absolute atomic E-state index is 13.1. The second-order valence-corrected chi connectivity index (χ2v) is 11.8. The first-order chi connectivity index (χ1) is 18.6. The van der Waals surface area contributed by atoms with Gasteiger partial charge in [-0.15, -0.1) is 0 Å². The van der Waals surface area contributed by atoms with E-state index >= 15 is 0 Å². The van der Waals surface area contributed by atoms with E-state index in [0.29, 0.717) is 6.42 Å². The lowest BCUT2D eigenvalue weighted by molar-refractivity contribution is -0.870. The van der Waals surface area contributed by atoms with Crippen molar-refractivity contribution in [3.63, 3.8) is 0 Å². The lowest BCUT2D eigenvalue weighted by Gasteiger charge is -2.26. The Morgan fingerprint density at radius 1 is 0.775 bits per heavy atom. The number of quaternary nitrogens is 1. The summed E-state index contributed by atoms with van der Waals surface area (Å²) < 4.78 is 0.763. The highest BCUT2D eigenvalue weighted by Crippen LogP contribution is 2.09. The molecular weight excluding hydrogens is 514 g/mol. The summed E-state index contributed by atoms with van der Waals surface area (Å²) in [5, 5.41) is 20.1. The van der Waals surface area contributed by atoms with Crippen LogP contribution < -0.4 is 21.3 Å². The van der Waals surface area contributed by atoms with Gasteiger partial charge >= 0.3 is 5.97 Å². The SMILES string of the molecule is CC(=O)N[C@@H](Cc1ccccc1)C(=O)N[C@@H](C)C(=O)N[C@@H](CC(C)C)C(=O)N[C@@H](CCCC[N+](C)(C)C)C(=O)O. The largest absolute Gasteiger partial charge is 0.480 e. The Balaban J connectivity index is 2.84. The molecule has 1 aromatic carbocycles. The quantitative estimate of drug-likeness (QED) is 0.142. The topological polar surface area (TPSA) is 154 Å². The number of carbonyl (C=O) groups is 5. The first-order valence-corrected chi connectivity index (χ1v) is 13.8. The predicted molar refractivity (Wildman–Crippen MR) is 153 cm³/mol. The van der Waals surface area contributed by atoms with E-state index in [4.69, 9.17) is 0 Å². The highest BCUT2D eigenvalue weighted by molar-refractivity contribution is 5.94. The van der Waals surface area contributed by atoms with E-state index < -0.39 is 47.9 Å². The van der Waals surface area contributed by atoms with Gasteiger partial charge in [0.1, 0.15) is 24.2 Å². The molecule has 5 N–H and O–H groups in total. The molecule has 0 spiro atoms. The molecule has 0 saturated carbocycles. The summed E-state index contributed by atoms with van der Waals surface area (Å²) in [4.78, 5) is 62.5. The fourth-order valence-corrected chi connectivity index (χ4v) is 4.15. The van der Waals surface area contributed by atoms with Gasteiger partial charge in [-0.25, -0.2) is 4.79 Å². The van der Waals surface area contributed by atoms with Gasteiger partial charge in [0.05, 0.1) is 27.7 Å². The predicted octanol–water partition coefficient (Wildman–Crippen LogP) is 1.22. The Bertz CT molecular complexity index is 992. The molecule has 0 aliphatic heterocycles. The van der Waals surface area contributed by atoms with E-state index in [1.165, 1.54) is 13.8 Å². The second kappa shape index (κ2) is 16.6. The van der Waals surface area contributed by atoms with E-state index in [1.54, 1.807) is 0 Å². The van der Waals surface area contributed by atoms with Crippen molar-refractivity contribution in [3.8, 4) is 0 Å². The number of amides is 4. The van der Waals surface area contributed by atoms with Crippen LogP contribution in [0.2, 0.25) is 0 Å². The van der Waals surface area contributed by atoms with Crippen molar-refractivity contribution >= 4 is 29.6 Å². The van der Waals surface area contributed by atoms with Crippen LogP contribution in [0.5, 0.6) is 0 Å². The summed E-state index contributed by atoms with van der Waals surface area (Å²) in [7, 11) is 6.17. The first-order valence-electron chi connectivity index (χ1n) is 13.8. The molecule has 224 valence electrons. The molecule has 4 atom stereocenters. The molecule has 0 saturated heterocycles. The number of nitrogens with zero attached hydrogens (tertiary/aromatic N) is 1. The van der Waals surface area contributed by atoms with Gasteiger partial charge in [0, 0.05) is 13.3 Å². The molecule has 1 aromatic rings. The number of hydrogen-bond donors (Lipinski definition) is 5. The maximum Gasteiger partial charge on any atom is 0.326 e. The number of carbonyl (C=O) groups excluding carboxylic acids is 4. The lowest BCUT2D eigenvalue weighted by atomic mass is 10.0. The molecule has 0 aliphatic rings. The van der Waals surface area contributed by atoms with E-state index in [2.05, 4.69) is 42.4 Å². The van der Waals surface area contributed by atoms with E-state index in [0.717, 1.165) is 23.0 Å². The molecule has 1 rings (SSSR count). The van der Waals surface area contributed by atoms with Crippen molar-refractivity contribution in [2.45, 2.75) is 84.0 Å². The van der Waals surface area contributed by atoms with Crippen LogP contribution in [-0.4, -0.2) is 91.0 Å². The van der Waals surface area contributed by atoms with Gasteiger partial charge in [0.25, 0.3) is 0 Å². The van der Waals surface area contributed by atoms with Crippen LogP contribution in [0, 0.1) is 5.92 Å². The van der Waals surface area contributed by atoms with Crippen LogP contribution in [0.4, 0.5) is 0 Å². The van der Waals surface area contributed by atoms with Crippen LogP contribution in [0.1, 0.15) is 58.9 Å². The molecule has 4 amide bonds. The average Bonchev–Trinajstić information content (AvgIpc) is 2.84. The minimum absolute atomic E-state index is 0.0313. The molecule has 0 bridgehead atoms. The van der Waals surface area contributed by atoms with Crippen molar-refractivity contribution in [2.75, 3.05) is 27.7 Å². The molecule has 40 heavy (non-hydrogen) atoms. The number of carboxylic acid groups (broad SMARTS) is 1. The van der Waals surface area contributed by atoms with Crippen molar-refractivity contribution in [3.05, 3.63) is 35.9 Å². The standard InChI is InChI=1S/C29H47N5O6/c1-19(2)17-24(28(38)32-23(29(39)40)15-11-12-16-34(5,6)7)33-26(36)20(3)30-27(37)25(31-21(4)35)18-22-13-9-8-10-14-22/h8-10,13-14,19-20,23-25H,11-12,15-18H2,1-7H3,(H4-,30,31,32,33,35,36,37,38,39,40)/p+1/t20-,23-,24-,25-/m0/s1. The highest BCUT2D eigenvalue weighted by atomic mass is 16.4. The molecular formula is C29H48N5O6+. The number of carboxylic acids is 1. The molecule has 11 nitrogen and oxygen atoms in total. The Morgan fingerprint density at radius 3 is 1.88 bits per heavy atom. The molecule has 0 fully saturated rings. The van der Waals surface area contributed by atoms with Crippen LogP contribution in [0.15, 0.2) is 30.3 Å². The molecule has 0 unspecified atom stereocenters. The maximum atomic E-state index is 13.1. The Kier molecular flexibility index (Phi) is 14.3. The second-order valence-electron chi connectivity index (χ2n) is 11.8. The van der Waals surface area contributed by atoms with Crippen LogP contribution >= 0.6 is 0 Å². The third kappa shape index (κ3) is 14.1. The number of nitrogens with one attached hydrogen (secondary N) is 4. The van der Waals surface area contributed by atoms with Crippen LogP contribution in [-0.2, 0) is 30.4 Å². The minimum atomic E-state index is -1.13. The van der Waals surface area contributed by atoms with Gasteiger partial charge in [-0.2, -0.15) is 0 Å². The summed E-state index contributed by atoms with van der Waals surface area (Å²) in [5.74, 6) is -3.19. The molecule has 0 radical (unpaired) electrons. The average molecular weight is 563 g/mol. The van der Waals surface area contributed by atoms with Gasteiger partial charge in [0.15, 0.2) is 0 Å². The zero-order valence-corrected chi connectivity index (χ0v) is 25.0. The highest BCUT2D eigenvalue weighted by Gasteiger charge is 2.30. The van der Waals surface area contributed by atoms with Gasteiger partial charge in [-0.1, -0.05) is 44.2 Å². The number of hydrogen-bond acceptors (Lipinski definition) is 5. The van der Waals surface area contributed by atoms with Gasteiger partial charge in [-0.05, 0) is 44.1 Å². The number of aliphatic carboxylic acids is 1. The van der Waals surface area contributed by atoms with E-state index in [-0.39, 0.29) is 31.1 Å². The summed E-state index contributed by atoms with van der Waals surface area (Å²) in [6.07, 6.45) is 2.26. The monoisotopic (exact) mass is 562 g/mol. The van der Waals surface area contributed by atoms with Gasteiger partial charge in [0.2, 0.25) is 23.6 Å². The molecule has 11 heteroatoms. The number of unbranched alkanes of at least 4 members (excludes halogenated alkanes) is 1. The van der Waals surface area contributed by atoms with Gasteiger partial charge in [-0.3, -0.25) is 19.2 Å². The van der Waals surface area contributed by atoms with E-state index in [9.17, 15) is 29.1 Å². The van der Waals surface area contributed by atoms with Crippen molar-refractivity contribution in [1.29, 1.82) is 0 Å². The first kappa shape index (κ1) is 34.6. The molecule has 0 heterocycles. The fraction of sp³-hybridized carbons (Fsp3) is 0.621. The number of rotatable bonds is 17. The zero-order chi connectivity index (χ0) is 30.5. The summed E-state index contributed by atoms with van der Waals surface area (Å²) in [5.41, 5.74) is 0.840. The van der Waals surface area contributed by atoms with Crippen molar-refractivity contribution in [1.82, 2.24) is 21.3 Å². The molecule has 0 aliphatic carbocycles.